The zero-order valence-electron chi connectivity index (χ0n) is 15.8. The number of halogens is 2. The van der Waals surface area contributed by atoms with E-state index in [-0.39, 0.29) is 12.2 Å². The highest BCUT2D eigenvalue weighted by Gasteiger charge is 2.13. The highest BCUT2D eigenvalue weighted by atomic mass is 35.5. The Kier molecular flexibility index (Phi) is 5.23. The summed E-state index contributed by atoms with van der Waals surface area (Å²) in [5.74, 6) is 2.23. The second-order valence-electron chi connectivity index (χ2n) is 6.54. The molecule has 0 atom stereocenters. The first kappa shape index (κ1) is 19.8. The molecule has 5 rings (SSSR count). The maximum absolute atomic E-state index is 12.7. The molecule has 0 fully saturated rings. The van der Waals surface area contributed by atoms with Crippen LogP contribution in [0.25, 0.3) is 22.4 Å². The number of furan rings is 1. The summed E-state index contributed by atoms with van der Waals surface area (Å²) < 4.78 is 13.2. The number of ether oxygens (including phenoxy) is 1. The molecule has 0 amide bonds. The Bertz CT molecular complexity index is 1490. The lowest BCUT2D eigenvalue weighted by atomic mass is 10.2. The van der Waals surface area contributed by atoms with Gasteiger partial charge >= 0.3 is 0 Å². The van der Waals surface area contributed by atoms with E-state index in [1.54, 1.807) is 30.3 Å². The molecular weight excluding hydrogens is 457 g/mol. The van der Waals surface area contributed by atoms with Crippen LogP contribution in [0.15, 0.2) is 69.9 Å². The summed E-state index contributed by atoms with van der Waals surface area (Å²) in [7, 11) is 0. The topological polar surface area (TPSA) is 69.6 Å². The van der Waals surface area contributed by atoms with Gasteiger partial charge < -0.3 is 9.15 Å². The van der Waals surface area contributed by atoms with Gasteiger partial charge in [0.2, 0.25) is 4.96 Å². The molecule has 0 aliphatic rings. The van der Waals surface area contributed by atoms with Crippen LogP contribution in [-0.2, 0) is 6.61 Å². The van der Waals surface area contributed by atoms with Gasteiger partial charge in [-0.05, 0) is 36.4 Å². The molecule has 0 saturated carbocycles. The van der Waals surface area contributed by atoms with Crippen LogP contribution in [-0.4, -0.2) is 14.6 Å². The van der Waals surface area contributed by atoms with Crippen LogP contribution < -0.4 is 14.8 Å². The molecule has 0 unspecified atom stereocenters. The van der Waals surface area contributed by atoms with Gasteiger partial charge in [0.05, 0.1) is 10.0 Å². The number of para-hydroxylation sites is 1. The highest BCUT2D eigenvalue weighted by Crippen LogP contribution is 2.34. The van der Waals surface area contributed by atoms with E-state index in [9.17, 15) is 4.79 Å². The fourth-order valence-electron chi connectivity index (χ4n) is 3.00. The van der Waals surface area contributed by atoms with Crippen molar-refractivity contribution in [3.63, 3.8) is 0 Å². The van der Waals surface area contributed by atoms with Gasteiger partial charge in [-0.1, -0.05) is 58.8 Å². The van der Waals surface area contributed by atoms with Crippen molar-refractivity contribution in [3.8, 4) is 17.1 Å². The summed E-state index contributed by atoms with van der Waals surface area (Å²) in [6.45, 7) is 0.179. The van der Waals surface area contributed by atoms with Gasteiger partial charge in [0, 0.05) is 11.6 Å². The lowest BCUT2D eigenvalue weighted by molar-refractivity contribution is 0.296. The molecule has 0 radical (unpaired) electrons. The lowest BCUT2D eigenvalue weighted by Crippen LogP contribution is -2.23. The van der Waals surface area contributed by atoms with Crippen molar-refractivity contribution < 1.29 is 9.15 Å². The summed E-state index contributed by atoms with van der Waals surface area (Å²) >= 11 is 13.6. The number of nitrogens with zero attached hydrogens (tertiary/aromatic N) is 3. The van der Waals surface area contributed by atoms with Crippen LogP contribution in [0.2, 0.25) is 10.0 Å². The normalized spacial score (nSPS) is 12.0. The maximum atomic E-state index is 12.7. The van der Waals surface area contributed by atoms with E-state index in [1.807, 2.05) is 36.4 Å². The molecule has 0 bridgehead atoms. The van der Waals surface area contributed by atoms with Crippen molar-refractivity contribution in [2.24, 2.45) is 0 Å². The second-order valence-corrected chi connectivity index (χ2v) is 8.34. The Morgan fingerprint density at radius 3 is 2.71 bits per heavy atom. The molecule has 0 spiro atoms. The molecule has 0 N–H and O–H groups in total. The summed E-state index contributed by atoms with van der Waals surface area (Å²) in [5.41, 5.74) is 0.416. The molecule has 0 aliphatic heterocycles. The maximum Gasteiger partial charge on any atom is 0.291 e. The third-order valence-electron chi connectivity index (χ3n) is 4.45. The van der Waals surface area contributed by atoms with Gasteiger partial charge in [0.1, 0.15) is 28.4 Å². The minimum atomic E-state index is -0.266. The fraction of sp³-hybridized carbons (Fsp3) is 0.0455. The first-order valence-electron chi connectivity index (χ1n) is 9.21. The van der Waals surface area contributed by atoms with E-state index < -0.39 is 0 Å². The highest BCUT2D eigenvalue weighted by molar-refractivity contribution is 7.15. The summed E-state index contributed by atoms with van der Waals surface area (Å²) in [5, 5.41) is 5.12. The Labute approximate surface area is 189 Å². The van der Waals surface area contributed by atoms with E-state index >= 15 is 0 Å². The quantitative estimate of drug-likeness (QED) is 0.368. The number of thiazole rings is 1. The number of hydrogen-bond donors (Lipinski definition) is 0. The summed E-state index contributed by atoms with van der Waals surface area (Å²) in [6.07, 6.45) is 1.66. The molecule has 6 nitrogen and oxygen atoms in total. The van der Waals surface area contributed by atoms with Crippen molar-refractivity contribution in [2.75, 3.05) is 0 Å². The molecule has 3 aromatic heterocycles. The second kappa shape index (κ2) is 8.19. The van der Waals surface area contributed by atoms with Crippen LogP contribution in [0.1, 0.15) is 11.6 Å². The molecule has 31 heavy (non-hydrogen) atoms. The monoisotopic (exact) mass is 469 g/mol. The van der Waals surface area contributed by atoms with Crippen LogP contribution in [0.5, 0.6) is 5.75 Å². The third-order valence-corrected chi connectivity index (χ3v) is 6.23. The van der Waals surface area contributed by atoms with Gasteiger partial charge in [0.15, 0.2) is 5.82 Å². The van der Waals surface area contributed by atoms with Crippen molar-refractivity contribution in [3.05, 3.63) is 97.2 Å². The first-order valence-corrected chi connectivity index (χ1v) is 10.8. The number of rotatable bonds is 5. The number of aromatic nitrogens is 3. The molecule has 154 valence electrons. The van der Waals surface area contributed by atoms with E-state index in [0.29, 0.717) is 48.2 Å². The van der Waals surface area contributed by atoms with Crippen molar-refractivity contribution in [1.82, 2.24) is 14.6 Å². The molecule has 2 aromatic carbocycles. The summed E-state index contributed by atoms with van der Waals surface area (Å²) in [4.78, 5) is 17.6. The predicted molar refractivity (Wildman–Crippen MR) is 121 cm³/mol. The minimum Gasteiger partial charge on any atom is -0.486 e. The smallest absolute Gasteiger partial charge is 0.291 e. The van der Waals surface area contributed by atoms with Crippen molar-refractivity contribution in [1.29, 1.82) is 0 Å². The number of fused-ring (bicyclic) bond motifs is 1. The van der Waals surface area contributed by atoms with E-state index in [0.717, 1.165) is 0 Å². The van der Waals surface area contributed by atoms with Crippen molar-refractivity contribution in [2.45, 2.75) is 6.61 Å². The Morgan fingerprint density at radius 1 is 1.06 bits per heavy atom. The van der Waals surface area contributed by atoms with Crippen molar-refractivity contribution >= 4 is 45.6 Å². The van der Waals surface area contributed by atoms with Gasteiger partial charge in [-0.25, -0.2) is 0 Å². The van der Waals surface area contributed by atoms with Gasteiger partial charge in [-0.15, -0.1) is 5.10 Å². The van der Waals surface area contributed by atoms with Gasteiger partial charge in [-0.3, -0.25) is 4.79 Å². The zero-order chi connectivity index (χ0) is 21.4. The molecule has 0 saturated heterocycles. The number of benzene rings is 2. The molecule has 0 aliphatic carbocycles. The van der Waals surface area contributed by atoms with Crippen LogP contribution in [0.4, 0.5) is 0 Å². The largest absolute Gasteiger partial charge is 0.486 e. The third kappa shape index (κ3) is 3.95. The standard InChI is InChI=1S/C22H13Cl2N3O3S/c23-16-8-4-7-15(20(16)24)17-10-9-14(30-17)11-18-21(28)27-22(31-18)25-19(26-27)12-29-13-5-2-1-3-6-13/h1-11H,12H2. The average molecular weight is 470 g/mol. The Morgan fingerprint density at radius 2 is 1.90 bits per heavy atom. The lowest BCUT2D eigenvalue weighted by Gasteiger charge is -2.01. The SMILES string of the molecule is O=c1c(=Cc2ccc(-c3cccc(Cl)c3Cl)o2)sc2nc(COc3ccccc3)nn12. The van der Waals surface area contributed by atoms with E-state index in [2.05, 4.69) is 10.1 Å². The number of hydrogen-bond acceptors (Lipinski definition) is 6. The molecule has 3 heterocycles. The molecular formula is C22H13Cl2N3O3S. The zero-order valence-corrected chi connectivity index (χ0v) is 18.1. The van der Waals surface area contributed by atoms with Crippen LogP contribution in [0, 0.1) is 0 Å². The predicted octanol–water partition coefficient (Wildman–Crippen LogP) is 4.84. The molecule has 5 aromatic rings. The Hall–Kier alpha value is -3.13. The summed E-state index contributed by atoms with van der Waals surface area (Å²) in [6, 6.07) is 18.2. The van der Waals surface area contributed by atoms with E-state index in [1.165, 1.54) is 15.9 Å². The first-order chi connectivity index (χ1) is 15.1. The van der Waals surface area contributed by atoms with Gasteiger partial charge in [0.25, 0.3) is 5.56 Å². The minimum absolute atomic E-state index is 0.179. The fourth-order valence-corrected chi connectivity index (χ4v) is 4.30. The van der Waals surface area contributed by atoms with Gasteiger partial charge in [-0.2, -0.15) is 9.50 Å². The Balaban J connectivity index is 1.41. The molecule has 9 heteroatoms. The van der Waals surface area contributed by atoms with Crippen LogP contribution in [0.3, 0.4) is 0 Å². The average Bonchev–Trinajstić information content (AvgIpc) is 3.47. The van der Waals surface area contributed by atoms with Crippen LogP contribution >= 0.6 is 34.5 Å². The van der Waals surface area contributed by atoms with E-state index in [4.69, 9.17) is 32.4 Å².